The third-order valence-corrected chi connectivity index (χ3v) is 3.33. The van der Waals surface area contributed by atoms with Gasteiger partial charge < -0.3 is 15.2 Å². The van der Waals surface area contributed by atoms with Gasteiger partial charge in [0, 0.05) is 12.5 Å². The van der Waals surface area contributed by atoms with Crippen molar-refractivity contribution < 1.29 is 9.84 Å². The fourth-order valence-corrected chi connectivity index (χ4v) is 2.21. The lowest BCUT2D eigenvalue weighted by Gasteiger charge is -2.16. The Labute approximate surface area is 105 Å². The molecule has 2 rings (SSSR count). The Balaban J connectivity index is 1.98. The van der Waals surface area contributed by atoms with Gasteiger partial charge in [-0.25, -0.2) is 4.98 Å². The van der Waals surface area contributed by atoms with Crippen LogP contribution in [0, 0.1) is 5.92 Å². The molecule has 0 aliphatic heterocycles. The smallest absolute Gasteiger partial charge is 0.318 e. The van der Waals surface area contributed by atoms with E-state index in [1.165, 1.54) is 13.3 Å². The predicted octanol–water partition coefficient (Wildman–Crippen LogP) is 1.71. The molecule has 2 N–H and O–H groups in total. The van der Waals surface area contributed by atoms with Crippen molar-refractivity contribution in [3.05, 3.63) is 11.2 Å². The Morgan fingerprint density at radius 3 is 3.06 bits per heavy atom. The van der Waals surface area contributed by atoms with Crippen molar-refractivity contribution >= 4 is 17.4 Å². The summed E-state index contributed by atoms with van der Waals surface area (Å²) in [6.07, 6.45) is 4.28. The van der Waals surface area contributed by atoms with Crippen LogP contribution in [0.3, 0.4) is 0 Å². The summed E-state index contributed by atoms with van der Waals surface area (Å²) in [6.45, 7) is 0.668. The number of ether oxygens (including phenoxy) is 1. The van der Waals surface area contributed by atoms with Gasteiger partial charge >= 0.3 is 6.01 Å². The molecule has 94 valence electrons. The first-order chi connectivity index (χ1) is 8.20. The van der Waals surface area contributed by atoms with Crippen LogP contribution in [0.2, 0.25) is 5.02 Å². The molecule has 0 saturated heterocycles. The highest BCUT2D eigenvalue weighted by Gasteiger charge is 2.25. The normalized spacial score (nSPS) is 23.7. The molecule has 6 heteroatoms. The number of aliphatic hydroxyl groups excluding tert-OH is 1. The number of aromatic nitrogens is 2. The molecule has 17 heavy (non-hydrogen) atoms. The molecule has 0 aromatic carbocycles. The third kappa shape index (κ3) is 2.98. The number of nitrogens with one attached hydrogen (secondary N) is 1. The predicted molar refractivity (Wildman–Crippen MR) is 65.4 cm³/mol. The van der Waals surface area contributed by atoms with Crippen LogP contribution in [0.4, 0.5) is 5.82 Å². The highest BCUT2D eigenvalue weighted by atomic mass is 35.5. The Morgan fingerprint density at radius 2 is 2.41 bits per heavy atom. The first-order valence-electron chi connectivity index (χ1n) is 5.69. The first kappa shape index (κ1) is 12.4. The number of anilines is 1. The van der Waals surface area contributed by atoms with Crippen molar-refractivity contribution in [3.8, 4) is 6.01 Å². The second-order valence-corrected chi connectivity index (χ2v) is 4.60. The molecule has 1 heterocycles. The lowest BCUT2D eigenvalue weighted by molar-refractivity contribution is 0.138. The zero-order valence-electron chi connectivity index (χ0n) is 9.69. The van der Waals surface area contributed by atoms with E-state index in [2.05, 4.69) is 15.3 Å². The van der Waals surface area contributed by atoms with Crippen molar-refractivity contribution in [3.63, 3.8) is 0 Å². The molecule has 0 amide bonds. The SMILES string of the molecule is COc1ncc(Cl)c(NCC2CCCC2O)n1. The summed E-state index contributed by atoms with van der Waals surface area (Å²) >= 11 is 5.97. The molecule has 1 aliphatic rings. The van der Waals surface area contributed by atoms with Gasteiger partial charge in [0.2, 0.25) is 0 Å². The van der Waals surface area contributed by atoms with Crippen LogP contribution in [0.15, 0.2) is 6.20 Å². The highest BCUT2D eigenvalue weighted by molar-refractivity contribution is 6.32. The monoisotopic (exact) mass is 257 g/mol. The van der Waals surface area contributed by atoms with Crippen molar-refractivity contribution in [2.24, 2.45) is 5.92 Å². The number of methoxy groups -OCH3 is 1. The van der Waals surface area contributed by atoms with E-state index in [0.29, 0.717) is 17.4 Å². The average Bonchev–Trinajstić information content (AvgIpc) is 2.74. The molecule has 1 aliphatic carbocycles. The lowest BCUT2D eigenvalue weighted by Crippen LogP contribution is -2.22. The number of halogens is 1. The van der Waals surface area contributed by atoms with Gasteiger partial charge in [0.1, 0.15) is 5.02 Å². The second kappa shape index (κ2) is 5.51. The summed E-state index contributed by atoms with van der Waals surface area (Å²) in [5.74, 6) is 0.824. The van der Waals surface area contributed by atoms with E-state index in [9.17, 15) is 5.11 Å². The van der Waals surface area contributed by atoms with Crippen LogP contribution < -0.4 is 10.1 Å². The fourth-order valence-electron chi connectivity index (χ4n) is 2.06. The number of hydrogen-bond acceptors (Lipinski definition) is 5. The van der Waals surface area contributed by atoms with E-state index in [1.54, 1.807) is 0 Å². The van der Waals surface area contributed by atoms with E-state index in [-0.39, 0.29) is 18.0 Å². The maximum Gasteiger partial charge on any atom is 0.318 e. The molecule has 0 radical (unpaired) electrons. The zero-order chi connectivity index (χ0) is 12.3. The summed E-state index contributed by atoms with van der Waals surface area (Å²) < 4.78 is 4.93. The van der Waals surface area contributed by atoms with Crippen LogP contribution >= 0.6 is 11.6 Å². The summed E-state index contributed by atoms with van der Waals surface area (Å²) in [4.78, 5) is 8.02. The van der Waals surface area contributed by atoms with Gasteiger partial charge in [0.05, 0.1) is 19.4 Å². The number of rotatable bonds is 4. The molecule has 0 spiro atoms. The van der Waals surface area contributed by atoms with Crippen LogP contribution in [0.5, 0.6) is 6.01 Å². The highest BCUT2D eigenvalue weighted by Crippen LogP contribution is 2.27. The molecular formula is C11H16ClN3O2. The maximum atomic E-state index is 9.71. The Hall–Kier alpha value is -1.07. The van der Waals surface area contributed by atoms with Crippen LogP contribution in [0.1, 0.15) is 19.3 Å². The van der Waals surface area contributed by atoms with Gasteiger partial charge in [-0.3, -0.25) is 0 Å². The van der Waals surface area contributed by atoms with Crippen molar-refractivity contribution in [1.29, 1.82) is 0 Å². The minimum absolute atomic E-state index is 0.218. The van der Waals surface area contributed by atoms with E-state index < -0.39 is 0 Å². The van der Waals surface area contributed by atoms with E-state index in [1.807, 2.05) is 0 Å². The molecule has 0 bridgehead atoms. The molecule has 1 aromatic heterocycles. The topological polar surface area (TPSA) is 67.3 Å². The maximum absolute atomic E-state index is 9.71. The van der Waals surface area contributed by atoms with E-state index in [0.717, 1.165) is 19.3 Å². The Kier molecular flexibility index (Phi) is 4.02. The largest absolute Gasteiger partial charge is 0.467 e. The number of hydrogen-bond donors (Lipinski definition) is 2. The zero-order valence-corrected chi connectivity index (χ0v) is 10.4. The summed E-state index contributed by atoms with van der Waals surface area (Å²) in [5.41, 5.74) is 0. The molecular weight excluding hydrogens is 242 g/mol. The fraction of sp³-hybridized carbons (Fsp3) is 0.636. The van der Waals surface area contributed by atoms with Crippen molar-refractivity contribution in [2.75, 3.05) is 19.0 Å². The van der Waals surface area contributed by atoms with E-state index >= 15 is 0 Å². The van der Waals surface area contributed by atoms with Crippen LogP contribution in [0.25, 0.3) is 0 Å². The summed E-state index contributed by atoms with van der Waals surface area (Å²) in [5, 5.41) is 13.3. The van der Waals surface area contributed by atoms with Crippen LogP contribution in [-0.4, -0.2) is 34.8 Å². The minimum atomic E-state index is -0.218. The molecule has 1 aromatic rings. The van der Waals surface area contributed by atoms with E-state index in [4.69, 9.17) is 16.3 Å². The average molecular weight is 258 g/mol. The standard InChI is InChI=1S/C11H16ClN3O2/c1-17-11-14-6-8(12)10(15-11)13-5-7-3-2-4-9(7)16/h6-7,9,16H,2-5H2,1H3,(H,13,14,15). The van der Waals surface area contributed by atoms with Crippen molar-refractivity contribution in [1.82, 2.24) is 9.97 Å². The van der Waals surface area contributed by atoms with Crippen molar-refractivity contribution in [2.45, 2.75) is 25.4 Å². The van der Waals surface area contributed by atoms with Gasteiger partial charge in [-0.05, 0) is 12.8 Å². The lowest BCUT2D eigenvalue weighted by atomic mass is 10.1. The first-order valence-corrected chi connectivity index (χ1v) is 6.07. The summed E-state index contributed by atoms with van der Waals surface area (Å²) in [7, 11) is 1.51. The molecule has 2 unspecified atom stereocenters. The van der Waals surface area contributed by atoms with Gasteiger partial charge in [0.25, 0.3) is 0 Å². The molecule has 1 saturated carbocycles. The molecule has 2 atom stereocenters. The van der Waals surface area contributed by atoms with Crippen LogP contribution in [-0.2, 0) is 0 Å². The number of aliphatic hydroxyl groups is 1. The van der Waals surface area contributed by atoms with Gasteiger partial charge in [-0.1, -0.05) is 18.0 Å². The minimum Gasteiger partial charge on any atom is -0.467 e. The molecule has 5 nitrogen and oxygen atoms in total. The molecule has 1 fully saturated rings. The van der Waals surface area contributed by atoms with Gasteiger partial charge in [-0.2, -0.15) is 4.98 Å². The van der Waals surface area contributed by atoms with Gasteiger partial charge in [0.15, 0.2) is 5.82 Å². The summed E-state index contributed by atoms with van der Waals surface area (Å²) in [6, 6.07) is 0.281. The third-order valence-electron chi connectivity index (χ3n) is 3.06. The quantitative estimate of drug-likeness (QED) is 0.860. The second-order valence-electron chi connectivity index (χ2n) is 4.19. The Morgan fingerprint density at radius 1 is 1.59 bits per heavy atom. The Bertz CT molecular complexity index is 389. The van der Waals surface area contributed by atoms with Gasteiger partial charge in [-0.15, -0.1) is 0 Å². The number of nitrogens with zero attached hydrogens (tertiary/aromatic N) is 2.